The fourth-order valence-corrected chi connectivity index (χ4v) is 1.57. The predicted octanol–water partition coefficient (Wildman–Crippen LogP) is -0.0947. The zero-order chi connectivity index (χ0) is 8.27. The van der Waals surface area contributed by atoms with Crippen molar-refractivity contribution < 1.29 is 14.6 Å². The Balaban J connectivity index is 2.20. The molecule has 1 heterocycles. The molecular formula is C6H12NO3P. The van der Waals surface area contributed by atoms with Crippen LogP contribution < -0.4 is 0 Å². The SMILES string of the molecule is O=C1CCCN1CCP(O)O. The van der Waals surface area contributed by atoms with Crippen LogP contribution in [0, 0.1) is 0 Å². The summed E-state index contributed by atoms with van der Waals surface area (Å²) in [4.78, 5) is 29.8. The third-order valence-electron chi connectivity index (χ3n) is 1.74. The Morgan fingerprint density at radius 3 is 2.73 bits per heavy atom. The number of nitrogens with zero attached hydrogens (tertiary/aromatic N) is 1. The number of likely N-dealkylation sites (tertiary alicyclic amines) is 1. The van der Waals surface area contributed by atoms with Gasteiger partial charge in [0.25, 0.3) is 0 Å². The average molecular weight is 177 g/mol. The average Bonchev–Trinajstić information content (AvgIpc) is 2.31. The molecular weight excluding hydrogens is 165 g/mol. The van der Waals surface area contributed by atoms with Gasteiger partial charge in [0.1, 0.15) is 0 Å². The molecule has 0 aromatic carbocycles. The Kier molecular flexibility index (Phi) is 3.24. The van der Waals surface area contributed by atoms with Crippen molar-refractivity contribution in [1.29, 1.82) is 0 Å². The summed E-state index contributed by atoms with van der Waals surface area (Å²) >= 11 is 0. The summed E-state index contributed by atoms with van der Waals surface area (Å²) in [5.41, 5.74) is 0. The molecule has 0 aliphatic carbocycles. The van der Waals surface area contributed by atoms with Gasteiger partial charge >= 0.3 is 0 Å². The normalized spacial score (nSPS) is 18.5. The Morgan fingerprint density at radius 1 is 1.55 bits per heavy atom. The van der Waals surface area contributed by atoms with Crippen molar-refractivity contribution in [3.8, 4) is 0 Å². The topological polar surface area (TPSA) is 60.8 Å². The number of amides is 1. The lowest BCUT2D eigenvalue weighted by Gasteiger charge is -2.14. The van der Waals surface area contributed by atoms with Crippen LogP contribution in [-0.2, 0) is 4.79 Å². The molecule has 1 amide bonds. The fraction of sp³-hybridized carbons (Fsp3) is 0.833. The maximum Gasteiger partial charge on any atom is 0.222 e. The van der Waals surface area contributed by atoms with Crippen molar-refractivity contribution in [2.45, 2.75) is 12.8 Å². The summed E-state index contributed by atoms with van der Waals surface area (Å²) in [5.74, 6) is 0.141. The van der Waals surface area contributed by atoms with Crippen LogP contribution in [0.15, 0.2) is 0 Å². The van der Waals surface area contributed by atoms with Gasteiger partial charge in [-0.25, -0.2) is 0 Å². The highest BCUT2D eigenvalue weighted by atomic mass is 31.2. The zero-order valence-electron chi connectivity index (χ0n) is 6.23. The molecule has 0 saturated carbocycles. The van der Waals surface area contributed by atoms with Gasteiger partial charge in [-0.3, -0.25) is 4.79 Å². The number of hydrogen-bond donors (Lipinski definition) is 2. The minimum absolute atomic E-state index is 0.141. The molecule has 0 spiro atoms. The van der Waals surface area contributed by atoms with E-state index in [-0.39, 0.29) is 5.91 Å². The fourth-order valence-electron chi connectivity index (χ4n) is 1.15. The third kappa shape index (κ3) is 2.73. The van der Waals surface area contributed by atoms with Crippen molar-refractivity contribution >= 4 is 14.3 Å². The van der Waals surface area contributed by atoms with Crippen LogP contribution in [0.5, 0.6) is 0 Å². The first-order valence-corrected chi connectivity index (χ1v) is 5.06. The molecule has 4 nitrogen and oxygen atoms in total. The highest BCUT2D eigenvalue weighted by Crippen LogP contribution is 2.23. The molecule has 1 fully saturated rings. The monoisotopic (exact) mass is 177 g/mol. The van der Waals surface area contributed by atoms with E-state index in [2.05, 4.69) is 0 Å². The molecule has 1 aliphatic heterocycles. The largest absolute Gasteiger partial charge is 0.350 e. The van der Waals surface area contributed by atoms with Gasteiger partial charge in [0, 0.05) is 25.7 Å². The molecule has 0 unspecified atom stereocenters. The van der Waals surface area contributed by atoms with E-state index in [0.717, 1.165) is 13.0 Å². The molecule has 11 heavy (non-hydrogen) atoms. The molecule has 0 radical (unpaired) electrons. The Hall–Kier alpha value is -0.180. The summed E-state index contributed by atoms with van der Waals surface area (Å²) in [6, 6.07) is 0. The van der Waals surface area contributed by atoms with Gasteiger partial charge < -0.3 is 14.7 Å². The van der Waals surface area contributed by atoms with Gasteiger partial charge in [-0.15, -0.1) is 0 Å². The molecule has 1 aliphatic rings. The zero-order valence-corrected chi connectivity index (χ0v) is 7.13. The second-order valence-corrected chi connectivity index (χ2v) is 3.77. The van der Waals surface area contributed by atoms with Crippen LogP contribution in [0.1, 0.15) is 12.8 Å². The van der Waals surface area contributed by atoms with Crippen molar-refractivity contribution in [2.75, 3.05) is 19.3 Å². The molecule has 2 N–H and O–H groups in total. The van der Waals surface area contributed by atoms with Gasteiger partial charge in [-0.05, 0) is 6.42 Å². The summed E-state index contributed by atoms with van der Waals surface area (Å²) in [7, 11) is -1.83. The standard InChI is InChI=1S/C6H12NO3P/c8-6-2-1-3-7(6)4-5-11(9)10/h9-10H,1-5H2. The van der Waals surface area contributed by atoms with Crippen LogP contribution in [0.2, 0.25) is 0 Å². The van der Waals surface area contributed by atoms with E-state index < -0.39 is 8.38 Å². The Labute approximate surface area is 66.7 Å². The molecule has 0 bridgehead atoms. The van der Waals surface area contributed by atoms with E-state index >= 15 is 0 Å². The van der Waals surface area contributed by atoms with Gasteiger partial charge in [-0.1, -0.05) is 0 Å². The van der Waals surface area contributed by atoms with E-state index in [0.29, 0.717) is 19.1 Å². The Morgan fingerprint density at radius 2 is 2.27 bits per heavy atom. The van der Waals surface area contributed by atoms with Crippen LogP contribution in [0.3, 0.4) is 0 Å². The highest BCUT2D eigenvalue weighted by Gasteiger charge is 2.19. The molecule has 0 aromatic heterocycles. The van der Waals surface area contributed by atoms with Crippen molar-refractivity contribution in [2.24, 2.45) is 0 Å². The van der Waals surface area contributed by atoms with Gasteiger partial charge in [0.05, 0.1) is 0 Å². The number of rotatable bonds is 3. The lowest BCUT2D eigenvalue weighted by atomic mass is 10.4. The second-order valence-electron chi connectivity index (χ2n) is 2.58. The van der Waals surface area contributed by atoms with E-state index in [1.54, 1.807) is 4.90 Å². The van der Waals surface area contributed by atoms with Crippen LogP contribution in [-0.4, -0.2) is 39.8 Å². The molecule has 0 atom stereocenters. The lowest BCUT2D eigenvalue weighted by molar-refractivity contribution is -0.127. The van der Waals surface area contributed by atoms with Gasteiger partial charge in [0.2, 0.25) is 5.91 Å². The lowest BCUT2D eigenvalue weighted by Crippen LogP contribution is -2.27. The van der Waals surface area contributed by atoms with Crippen LogP contribution in [0.4, 0.5) is 0 Å². The smallest absolute Gasteiger partial charge is 0.222 e. The predicted molar refractivity (Wildman–Crippen MR) is 42.0 cm³/mol. The molecule has 0 aromatic rings. The first-order valence-electron chi connectivity index (χ1n) is 3.63. The first kappa shape index (κ1) is 8.91. The Bertz CT molecular complexity index is 151. The summed E-state index contributed by atoms with van der Waals surface area (Å²) < 4.78 is 0. The highest BCUT2D eigenvalue weighted by molar-refractivity contribution is 7.45. The first-order chi connectivity index (χ1) is 5.20. The third-order valence-corrected chi connectivity index (χ3v) is 2.34. The van der Waals surface area contributed by atoms with Crippen LogP contribution in [0.25, 0.3) is 0 Å². The molecule has 5 heteroatoms. The second kappa shape index (κ2) is 4.00. The minimum atomic E-state index is -1.83. The van der Waals surface area contributed by atoms with Gasteiger partial charge in [0.15, 0.2) is 8.38 Å². The maximum atomic E-state index is 11.0. The summed E-state index contributed by atoms with van der Waals surface area (Å²) in [6.07, 6.45) is 1.85. The number of carbonyl (C=O) groups excluding carboxylic acids is 1. The van der Waals surface area contributed by atoms with Crippen molar-refractivity contribution in [3.63, 3.8) is 0 Å². The number of hydrogen-bond acceptors (Lipinski definition) is 3. The van der Waals surface area contributed by atoms with Crippen molar-refractivity contribution in [1.82, 2.24) is 4.90 Å². The van der Waals surface area contributed by atoms with E-state index in [1.807, 2.05) is 0 Å². The maximum absolute atomic E-state index is 11.0. The molecule has 1 rings (SSSR count). The summed E-state index contributed by atoms with van der Waals surface area (Å²) in [5, 5.41) is 0. The quantitative estimate of drug-likeness (QED) is 0.592. The molecule has 1 saturated heterocycles. The summed E-state index contributed by atoms with van der Waals surface area (Å²) in [6.45, 7) is 1.28. The van der Waals surface area contributed by atoms with Crippen LogP contribution >= 0.6 is 8.38 Å². The minimum Gasteiger partial charge on any atom is -0.350 e. The van der Waals surface area contributed by atoms with E-state index in [1.165, 1.54) is 0 Å². The van der Waals surface area contributed by atoms with Gasteiger partial charge in [-0.2, -0.15) is 0 Å². The van der Waals surface area contributed by atoms with Crippen molar-refractivity contribution in [3.05, 3.63) is 0 Å². The van der Waals surface area contributed by atoms with E-state index in [9.17, 15) is 4.79 Å². The molecule has 64 valence electrons. The number of carbonyl (C=O) groups is 1. The van der Waals surface area contributed by atoms with E-state index in [4.69, 9.17) is 9.79 Å².